The van der Waals surface area contributed by atoms with Crippen molar-refractivity contribution in [2.24, 2.45) is 5.84 Å². The topological polar surface area (TPSA) is 64.1 Å². The minimum Gasteiger partial charge on any atom is -0.359 e. The van der Waals surface area contributed by atoms with Crippen molar-refractivity contribution < 1.29 is 4.52 Å². The summed E-state index contributed by atoms with van der Waals surface area (Å²) in [6.07, 6.45) is 0. The third-order valence-electron chi connectivity index (χ3n) is 2.23. The summed E-state index contributed by atoms with van der Waals surface area (Å²) in [5.41, 5.74) is 4.61. The Morgan fingerprint density at radius 1 is 1.33 bits per heavy atom. The van der Waals surface area contributed by atoms with Crippen molar-refractivity contribution in [2.75, 3.05) is 0 Å². The lowest BCUT2D eigenvalue weighted by molar-refractivity contribution is 0.353. The van der Waals surface area contributed by atoms with Crippen molar-refractivity contribution in [2.45, 2.75) is 13.0 Å². The van der Waals surface area contributed by atoms with Crippen molar-refractivity contribution in [1.82, 2.24) is 10.6 Å². The van der Waals surface area contributed by atoms with Crippen LogP contribution in [0, 0.1) is 6.92 Å². The molecule has 0 bridgehead atoms. The Morgan fingerprint density at radius 3 is 2.60 bits per heavy atom. The Balaban J connectivity index is 2.33. The van der Waals surface area contributed by atoms with Gasteiger partial charge < -0.3 is 4.52 Å². The summed E-state index contributed by atoms with van der Waals surface area (Å²) in [4.78, 5) is 0. The Morgan fingerprint density at radius 2 is 2.07 bits per heavy atom. The second-order valence-corrected chi connectivity index (χ2v) is 3.38. The van der Waals surface area contributed by atoms with Crippen LogP contribution in [0.1, 0.15) is 23.1 Å². The van der Waals surface area contributed by atoms with Gasteiger partial charge in [-0.05, 0) is 12.5 Å². The molecular formula is C11H13N3O. The molecule has 1 atom stereocenters. The molecule has 1 aromatic heterocycles. The van der Waals surface area contributed by atoms with Crippen molar-refractivity contribution in [1.29, 1.82) is 0 Å². The third kappa shape index (κ3) is 2.06. The predicted molar refractivity (Wildman–Crippen MR) is 56.8 cm³/mol. The summed E-state index contributed by atoms with van der Waals surface area (Å²) in [5.74, 6) is 6.23. The number of nitrogens with two attached hydrogens (primary N) is 1. The van der Waals surface area contributed by atoms with Crippen LogP contribution in [0.5, 0.6) is 0 Å². The first kappa shape index (κ1) is 9.89. The molecular weight excluding hydrogens is 190 g/mol. The lowest BCUT2D eigenvalue weighted by Crippen LogP contribution is -2.28. The molecule has 0 aliphatic carbocycles. The van der Waals surface area contributed by atoms with Gasteiger partial charge in [-0.15, -0.1) is 0 Å². The fourth-order valence-corrected chi connectivity index (χ4v) is 1.51. The zero-order chi connectivity index (χ0) is 10.7. The van der Waals surface area contributed by atoms with E-state index < -0.39 is 0 Å². The van der Waals surface area contributed by atoms with Crippen molar-refractivity contribution in [3.05, 3.63) is 53.4 Å². The minimum atomic E-state index is -0.146. The van der Waals surface area contributed by atoms with Gasteiger partial charge in [0, 0.05) is 6.07 Å². The molecule has 0 saturated carbocycles. The number of aryl methyl sites for hydroxylation is 1. The highest BCUT2D eigenvalue weighted by Gasteiger charge is 2.16. The number of rotatable bonds is 3. The first-order chi connectivity index (χ1) is 7.31. The van der Waals surface area contributed by atoms with Crippen LogP contribution in [-0.2, 0) is 0 Å². The summed E-state index contributed by atoms with van der Waals surface area (Å²) in [6.45, 7) is 1.88. The standard InChI is InChI=1S/C11H13N3O/c1-8-7-10(15-14-8)11(13-12)9-5-3-2-4-6-9/h2-7,11,13H,12H2,1H3. The van der Waals surface area contributed by atoms with E-state index in [9.17, 15) is 0 Å². The first-order valence-corrected chi connectivity index (χ1v) is 4.75. The van der Waals surface area contributed by atoms with Crippen molar-refractivity contribution in [3.63, 3.8) is 0 Å². The van der Waals surface area contributed by atoms with Crippen LogP contribution < -0.4 is 11.3 Å². The molecule has 0 aliphatic heterocycles. The molecule has 2 rings (SSSR count). The molecule has 4 heteroatoms. The molecule has 2 aromatic rings. The number of nitrogens with one attached hydrogen (secondary N) is 1. The number of hydrogen-bond acceptors (Lipinski definition) is 4. The molecule has 0 spiro atoms. The number of hydrazine groups is 1. The third-order valence-corrected chi connectivity index (χ3v) is 2.23. The molecule has 1 heterocycles. The van der Waals surface area contributed by atoms with Gasteiger partial charge >= 0.3 is 0 Å². The lowest BCUT2D eigenvalue weighted by atomic mass is 10.1. The number of nitrogens with zero attached hydrogens (tertiary/aromatic N) is 1. The van der Waals surface area contributed by atoms with E-state index >= 15 is 0 Å². The van der Waals surface area contributed by atoms with Crippen LogP contribution in [0.15, 0.2) is 40.9 Å². The van der Waals surface area contributed by atoms with E-state index in [-0.39, 0.29) is 6.04 Å². The molecule has 0 radical (unpaired) electrons. The van der Waals surface area contributed by atoms with Crippen LogP contribution in [0.4, 0.5) is 0 Å². The monoisotopic (exact) mass is 203 g/mol. The maximum Gasteiger partial charge on any atom is 0.159 e. The molecule has 0 saturated heterocycles. The Labute approximate surface area is 88.0 Å². The van der Waals surface area contributed by atoms with Gasteiger partial charge in [-0.2, -0.15) is 0 Å². The van der Waals surface area contributed by atoms with E-state index in [1.807, 2.05) is 43.3 Å². The van der Waals surface area contributed by atoms with Crippen LogP contribution in [-0.4, -0.2) is 5.16 Å². The molecule has 3 N–H and O–H groups in total. The van der Waals surface area contributed by atoms with E-state index in [1.54, 1.807) is 0 Å². The predicted octanol–water partition coefficient (Wildman–Crippen LogP) is 1.54. The van der Waals surface area contributed by atoms with Crippen LogP contribution in [0.2, 0.25) is 0 Å². The normalized spacial score (nSPS) is 12.7. The average molecular weight is 203 g/mol. The van der Waals surface area contributed by atoms with Gasteiger partial charge in [0.15, 0.2) is 5.76 Å². The van der Waals surface area contributed by atoms with Crippen LogP contribution in [0.3, 0.4) is 0 Å². The molecule has 78 valence electrons. The first-order valence-electron chi connectivity index (χ1n) is 4.75. The summed E-state index contributed by atoms with van der Waals surface area (Å²) in [5, 5.41) is 3.84. The number of benzene rings is 1. The number of hydrogen-bond donors (Lipinski definition) is 2. The SMILES string of the molecule is Cc1cc(C(NN)c2ccccc2)on1. The molecule has 1 aromatic carbocycles. The van der Waals surface area contributed by atoms with Crippen molar-refractivity contribution in [3.8, 4) is 0 Å². The zero-order valence-electron chi connectivity index (χ0n) is 8.47. The quantitative estimate of drug-likeness (QED) is 0.586. The summed E-state index contributed by atoms with van der Waals surface area (Å²) in [7, 11) is 0. The second-order valence-electron chi connectivity index (χ2n) is 3.38. The van der Waals surface area contributed by atoms with E-state index in [0.29, 0.717) is 0 Å². The van der Waals surface area contributed by atoms with E-state index in [1.165, 1.54) is 0 Å². The fraction of sp³-hybridized carbons (Fsp3) is 0.182. The zero-order valence-corrected chi connectivity index (χ0v) is 8.47. The Kier molecular flexibility index (Phi) is 2.80. The molecule has 15 heavy (non-hydrogen) atoms. The van der Waals surface area contributed by atoms with Gasteiger partial charge in [-0.3, -0.25) is 5.84 Å². The smallest absolute Gasteiger partial charge is 0.159 e. The van der Waals surface area contributed by atoms with E-state index in [2.05, 4.69) is 10.6 Å². The lowest BCUT2D eigenvalue weighted by Gasteiger charge is -2.12. The highest BCUT2D eigenvalue weighted by molar-refractivity contribution is 5.26. The maximum atomic E-state index is 5.51. The Bertz CT molecular complexity index is 424. The van der Waals surface area contributed by atoms with Crippen molar-refractivity contribution >= 4 is 0 Å². The molecule has 0 fully saturated rings. The van der Waals surface area contributed by atoms with Gasteiger partial charge in [0.05, 0.1) is 5.69 Å². The Hall–Kier alpha value is -1.65. The maximum absolute atomic E-state index is 5.51. The number of aromatic nitrogens is 1. The largest absolute Gasteiger partial charge is 0.359 e. The molecule has 1 unspecified atom stereocenters. The van der Waals surface area contributed by atoms with Gasteiger partial charge in [0.1, 0.15) is 6.04 Å². The molecule has 4 nitrogen and oxygen atoms in total. The minimum absolute atomic E-state index is 0.146. The van der Waals surface area contributed by atoms with E-state index in [4.69, 9.17) is 10.4 Å². The molecule has 0 aliphatic rings. The van der Waals surface area contributed by atoms with Gasteiger partial charge in [0.25, 0.3) is 0 Å². The van der Waals surface area contributed by atoms with Gasteiger partial charge in [-0.1, -0.05) is 35.5 Å². The van der Waals surface area contributed by atoms with Crippen LogP contribution in [0.25, 0.3) is 0 Å². The second kappa shape index (κ2) is 4.25. The van der Waals surface area contributed by atoms with E-state index in [0.717, 1.165) is 17.0 Å². The highest BCUT2D eigenvalue weighted by Crippen LogP contribution is 2.21. The van der Waals surface area contributed by atoms with Gasteiger partial charge in [-0.25, -0.2) is 5.43 Å². The molecule has 0 amide bonds. The summed E-state index contributed by atoms with van der Waals surface area (Å²) >= 11 is 0. The average Bonchev–Trinajstić information content (AvgIpc) is 2.68. The van der Waals surface area contributed by atoms with Crippen LogP contribution >= 0.6 is 0 Å². The van der Waals surface area contributed by atoms with Gasteiger partial charge in [0.2, 0.25) is 0 Å². The summed E-state index contributed by atoms with van der Waals surface area (Å²) < 4.78 is 5.18. The summed E-state index contributed by atoms with van der Waals surface area (Å²) in [6, 6.07) is 11.6. The highest BCUT2D eigenvalue weighted by atomic mass is 16.5. The fourth-order valence-electron chi connectivity index (χ4n) is 1.51.